The molecule has 1 N–H and O–H groups in total. The van der Waals surface area contributed by atoms with Crippen LogP contribution in [0, 0.1) is 6.92 Å². The molecule has 0 aliphatic carbocycles. The molecule has 0 unspecified atom stereocenters. The lowest BCUT2D eigenvalue weighted by Crippen LogP contribution is -2.32. The van der Waals surface area contributed by atoms with Crippen LogP contribution in [0.15, 0.2) is 53.5 Å². The Kier molecular flexibility index (Phi) is 4.94. The van der Waals surface area contributed by atoms with Crippen LogP contribution in [0.5, 0.6) is 5.75 Å². The SMILES string of the molecule is Cc1cccc(N(CC2=NCCN2)c2ccccc2OS(C)(=O)=O)c1. The summed E-state index contributed by atoms with van der Waals surface area (Å²) in [6.45, 7) is 4.09. The molecule has 0 aromatic heterocycles. The molecule has 0 amide bonds. The van der Waals surface area contributed by atoms with Gasteiger partial charge in [0, 0.05) is 12.2 Å². The molecule has 1 aliphatic heterocycles. The first-order chi connectivity index (χ1) is 11.9. The van der Waals surface area contributed by atoms with E-state index in [0.717, 1.165) is 36.4 Å². The van der Waals surface area contributed by atoms with E-state index in [1.54, 1.807) is 12.1 Å². The van der Waals surface area contributed by atoms with Crippen LogP contribution in [-0.2, 0) is 10.1 Å². The van der Waals surface area contributed by atoms with Gasteiger partial charge in [-0.25, -0.2) is 0 Å². The molecule has 7 heteroatoms. The summed E-state index contributed by atoms with van der Waals surface area (Å²) in [5.41, 5.74) is 2.74. The Balaban J connectivity index is 2.05. The van der Waals surface area contributed by atoms with Crippen LogP contribution in [0.4, 0.5) is 11.4 Å². The molecule has 0 radical (unpaired) electrons. The minimum Gasteiger partial charge on any atom is -0.380 e. The number of hydrogen-bond acceptors (Lipinski definition) is 6. The first kappa shape index (κ1) is 17.3. The number of nitrogens with one attached hydrogen (secondary N) is 1. The van der Waals surface area contributed by atoms with E-state index >= 15 is 0 Å². The maximum absolute atomic E-state index is 11.6. The smallest absolute Gasteiger partial charge is 0.306 e. The Hall–Kier alpha value is -2.54. The Labute approximate surface area is 148 Å². The van der Waals surface area contributed by atoms with E-state index in [1.165, 1.54) is 0 Å². The molecule has 0 atom stereocenters. The summed E-state index contributed by atoms with van der Waals surface area (Å²) in [6, 6.07) is 15.1. The number of amidine groups is 1. The number of benzene rings is 2. The molecule has 0 saturated carbocycles. The second-order valence-corrected chi connectivity index (χ2v) is 7.51. The van der Waals surface area contributed by atoms with Crippen molar-refractivity contribution in [3.63, 3.8) is 0 Å². The predicted octanol–water partition coefficient (Wildman–Crippen LogP) is 2.47. The van der Waals surface area contributed by atoms with Gasteiger partial charge in [0.1, 0.15) is 5.84 Å². The van der Waals surface area contributed by atoms with Crippen LogP contribution in [0.1, 0.15) is 5.56 Å². The van der Waals surface area contributed by atoms with Gasteiger partial charge in [0.2, 0.25) is 0 Å². The predicted molar refractivity (Wildman–Crippen MR) is 100 cm³/mol. The van der Waals surface area contributed by atoms with Gasteiger partial charge in [-0.15, -0.1) is 0 Å². The van der Waals surface area contributed by atoms with Crippen LogP contribution in [0.25, 0.3) is 0 Å². The fourth-order valence-electron chi connectivity index (χ4n) is 2.73. The van der Waals surface area contributed by atoms with Crippen molar-refractivity contribution in [1.29, 1.82) is 0 Å². The Bertz CT molecular complexity index is 894. The molecule has 6 nitrogen and oxygen atoms in total. The van der Waals surface area contributed by atoms with Crippen LogP contribution >= 0.6 is 0 Å². The molecule has 3 rings (SSSR count). The van der Waals surface area contributed by atoms with Crippen molar-refractivity contribution < 1.29 is 12.6 Å². The van der Waals surface area contributed by atoms with Gasteiger partial charge in [0.15, 0.2) is 5.75 Å². The summed E-state index contributed by atoms with van der Waals surface area (Å²) in [4.78, 5) is 6.46. The lowest BCUT2D eigenvalue weighted by Gasteiger charge is -2.27. The number of anilines is 2. The fourth-order valence-corrected chi connectivity index (χ4v) is 3.19. The summed E-state index contributed by atoms with van der Waals surface area (Å²) < 4.78 is 28.5. The summed E-state index contributed by atoms with van der Waals surface area (Å²) in [6.07, 6.45) is 1.05. The van der Waals surface area contributed by atoms with Gasteiger partial charge in [0.05, 0.1) is 25.0 Å². The standard InChI is InChI=1S/C18H21N3O3S/c1-14-6-5-7-15(12-14)21(13-18-19-10-11-20-18)16-8-3-4-9-17(16)24-25(2,22)23/h3-9,12H,10-11,13H2,1-2H3,(H,19,20). The molecule has 0 fully saturated rings. The van der Waals surface area contributed by atoms with Gasteiger partial charge in [-0.3, -0.25) is 4.99 Å². The van der Waals surface area contributed by atoms with E-state index in [1.807, 2.05) is 48.2 Å². The maximum Gasteiger partial charge on any atom is 0.306 e. The van der Waals surface area contributed by atoms with Gasteiger partial charge in [0.25, 0.3) is 0 Å². The summed E-state index contributed by atoms with van der Waals surface area (Å²) in [5.74, 6) is 1.17. The minimum absolute atomic E-state index is 0.296. The lowest BCUT2D eigenvalue weighted by molar-refractivity contribution is 0.493. The molecular formula is C18H21N3O3S. The summed E-state index contributed by atoms with van der Waals surface area (Å²) in [5, 5.41) is 3.26. The van der Waals surface area contributed by atoms with Gasteiger partial charge in [-0.2, -0.15) is 8.42 Å². The minimum atomic E-state index is -3.62. The van der Waals surface area contributed by atoms with Crippen LogP contribution in [0.3, 0.4) is 0 Å². The van der Waals surface area contributed by atoms with E-state index < -0.39 is 10.1 Å². The van der Waals surface area contributed by atoms with Crippen molar-refractivity contribution in [2.24, 2.45) is 4.99 Å². The van der Waals surface area contributed by atoms with Crippen molar-refractivity contribution in [2.45, 2.75) is 6.92 Å². The second kappa shape index (κ2) is 7.14. The third-order valence-electron chi connectivity index (χ3n) is 3.76. The highest BCUT2D eigenvalue weighted by molar-refractivity contribution is 7.86. The number of rotatable bonds is 6. The quantitative estimate of drug-likeness (QED) is 0.803. The lowest BCUT2D eigenvalue weighted by atomic mass is 10.1. The monoisotopic (exact) mass is 359 g/mol. The number of aliphatic imine (C=N–C) groups is 1. The van der Waals surface area contributed by atoms with Crippen molar-refractivity contribution in [2.75, 3.05) is 30.8 Å². The summed E-state index contributed by atoms with van der Waals surface area (Å²) in [7, 11) is -3.62. The van der Waals surface area contributed by atoms with E-state index in [9.17, 15) is 8.42 Å². The Morgan fingerprint density at radius 2 is 2.00 bits per heavy atom. The maximum atomic E-state index is 11.6. The third kappa shape index (κ3) is 4.51. The molecule has 0 spiro atoms. The molecule has 0 bridgehead atoms. The third-order valence-corrected chi connectivity index (χ3v) is 4.24. The molecule has 1 aliphatic rings. The van der Waals surface area contributed by atoms with E-state index in [4.69, 9.17) is 4.18 Å². The van der Waals surface area contributed by atoms with Crippen molar-refractivity contribution in [1.82, 2.24) is 5.32 Å². The molecule has 1 heterocycles. The largest absolute Gasteiger partial charge is 0.380 e. The molecular weight excluding hydrogens is 338 g/mol. The number of aryl methyl sites for hydroxylation is 1. The molecule has 25 heavy (non-hydrogen) atoms. The summed E-state index contributed by atoms with van der Waals surface area (Å²) >= 11 is 0. The van der Waals surface area contributed by atoms with Gasteiger partial charge in [-0.1, -0.05) is 24.3 Å². The normalized spacial score (nSPS) is 13.9. The number of nitrogens with zero attached hydrogens (tertiary/aromatic N) is 2. The zero-order valence-electron chi connectivity index (χ0n) is 14.3. The molecule has 132 valence electrons. The van der Waals surface area contributed by atoms with Gasteiger partial charge < -0.3 is 14.4 Å². The van der Waals surface area contributed by atoms with Crippen molar-refractivity contribution in [3.05, 3.63) is 54.1 Å². The first-order valence-corrected chi connectivity index (χ1v) is 9.84. The van der Waals surface area contributed by atoms with Crippen molar-refractivity contribution in [3.8, 4) is 5.75 Å². The first-order valence-electron chi connectivity index (χ1n) is 8.02. The fraction of sp³-hybridized carbons (Fsp3) is 0.278. The Morgan fingerprint density at radius 3 is 2.68 bits per heavy atom. The topological polar surface area (TPSA) is 71.0 Å². The molecule has 0 saturated heterocycles. The zero-order valence-corrected chi connectivity index (χ0v) is 15.1. The highest BCUT2D eigenvalue weighted by Gasteiger charge is 2.20. The van der Waals surface area contributed by atoms with Crippen molar-refractivity contribution >= 4 is 27.3 Å². The van der Waals surface area contributed by atoms with E-state index in [2.05, 4.69) is 10.3 Å². The van der Waals surface area contributed by atoms with E-state index in [0.29, 0.717) is 18.0 Å². The molecule has 2 aromatic rings. The van der Waals surface area contributed by atoms with Crippen LogP contribution in [-0.4, -0.2) is 40.1 Å². The van der Waals surface area contributed by atoms with E-state index in [-0.39, 0.29) is 0 Å². The number of hydrogen-bond donors (Lipinski definition) is 1. The highest BCUT2D eigenvalue weighted by Crippen LogP contribution is 2.34. The second-order valence-electron chi connectivity index (χ2n) is 5.94. The number of para-hydroxylation sites is 2. The molecule has 2 aromatic carbocycles. The van der Waals surface area contributed by atoms with Crippen LogP contribution < -0.4 is 14.4 Å². The Morgan fingerprint density at radius 1 is 1.20 bits per heavy atom. The average Bonchev–Trinajstić information content (AvgIpc) is 3.05. The zero-order chi connectivity index (χ0) is 17.9. The van der Waals surface area contributed by atoms with Gasteiger partial charge >= 0.3 is 10.1 Å². The average molecular weight is 359 g/mol. The highest BCUT2D eigenvalue weighted by atomic mass is 32.2. The van der Waals surface area contributed by atoms with Crippen LogP contribution in [0.2, 0.25) is 0 Å². The van der Waals surface area contributed by atoms with Gasteiger partial charge in [-0.05, 0) is 36.8 Å².